The average molecular weight is 147 g/mol. The number of amides is 1. The summed E-state index contributed by atoms with van der Waals surface area (Å²) < 4.78 is 0. The number of hydrogen-bond donors (Lipinski definition) is 0. The van der Waals surface area contributed by atoms with Crippen LogP contribution < -0.4 is 5.06 Å². The third-order valence-corrected chi connectivity index (χ3v) is 2.07. The third kappa shape index (κ3) is 0.435. The number of rotatable bonds is 0. The van der Waals surface area contributed by atoms with Gasteiger partial charge in [-0.05, 0) is 6.07 Å². The fourth-order valence-electron chi connectivity index (χ4n) is 1.52. The number of hydroxylamine groups is 1. The van der Waals surface area contributed by atoms with Gasteiger partial charge in [-0.25, -0.2) is 4.84 Å². The highest BCUT2D eigenvalue weighted by Gasteiger charge is 2.50. The summed E-state index contributed by atoms with van der Waals surface area (Å²) in [5.41, 5.74) is 1.90. The third-order valence-electron chi connectivity index (χ3n) is 2.07. The van der Waals surface area contributed by atoms with E-state index < -0.39 is 0 Å². The van der Waals surface area contributed by atoms with E-state index in [0.717, 1.165) is 11.3 Å². The molecule has 1 saturated heterocycles. The van der Waals surface area contributed by atoms with Gasteiger partial charge >= 0.3 is 0 Å². The Morgan fingerprint density at radius 1 is 1.36 bits per heavy atom. The second kappa shape index (κ2) is 1.46. The molecule has 1 unspecified atom stereocenters. The predicted octanol–water partition coefficient (Wildman–Crippen LogP) is 1.02. The molecule has 11 heavy (non-hydrogen) atoms. The van der Waals surface area contributed by atoms with Crippen LogP contribution in [0.4, 0.5) is 5.69 Å². The van der Waals surface area contributed by atoms with Crippen LogP contribution in [0.25, 0.3) is 0 Å². The highest BCUT2D eigenvalue weighted by molar-refractivity contribution is 6.06. The summed E-state index contributed by atoms with van der Waals surface area (Å²) in [4.78, 5) is 16.2. The zero-order chi connectivity index (χ0) is 7.42. The van der Waals surface area contributed by atoms with E-state index >= 15 is 0 Å². The standard InChI is InChI=1S/C8H5NO2/c10-8-7-5-3-1-2-4-6(5)9(8)11-7/h1-4,7H. The zero-order valence-corrected chi connectivity index (χ0v) is 5.65. The molecule has 3 nitrogen and oxygen atoms in total. The van der Waals surface area contributed by atoms with E-state index in [4.69, 9.17) is 4.84 Å². The smallest absolute Gasteiger partial charge is 0.269 e. The number of benzene rings is 1. The van der Waals surface area contributed by atoms with E-state index in [2.05, 4.69) is 0 Å². The number of anilines is 1. The normalized spacial score (nSPS) is 24.9. The first-order valence-electron chi connectivity index (χ1n) is 3.47. The molecule has 0 aromatic heterocycles. The van der Waals surface area contributed by atoms with Crippen molar-refractivity contribution in [1.29, 1.82) is 0 Å². The maximum absolute atomic E-state index is 11.1. The number of carbonyl (C=O) groups is 1. The lowest BCUT2D eigenvalue weighted by Gasteiger charge is -2.25. The molecule has 0 spiro atoms. The van der Waals surface area contributed by atoms with Gasteiger partial charge in [0.15, 0.2) is 6.10 Å². The molecule has 0 radical (unpaired) electrons. The van der Waals surface area contributed by atoms with Crippen molar-refractivity contribution in [2.45, 2.75) is 6.10 Å². The highest BCUT2D eigenvalue weighted by atomic mass is 16.7. The van der Waals surface area contributed by atoms with Crippen LogP contribution in [-0.2, 0) is 9.63 Å². The molecular weight excluding hydrogens is 142 g/mol. The first kappa shape index (κ1) is 5.32. The Balaban J connectivity index is 2.29. The number of para-hydroxylation sites is 1. The molecule has 3 aliphatic heterocycles. The molecule has 0 saturated carbocycles. The second-order valence-corrected chi connectivity index (χ2v) is 2.68. The average Bonchev–Trinajstić information content (AvgIpc) is 2.54. The van der Waals surface area contributed by atoms with Crippen molar-refractivity contribution in [3.05, 3.63) is 29.8 Å². The van der Waals surface area contributed by atoms with Crippen LogP contribution in [0.2, 0.25) is 0 Å². The molecule has 1 amide bonds. The first-order valence-corrected chi connectivity index (χ1v) is 3.47. The summed E-state index contributed by atoms with van der Waals surface area (Å²) in [6.45, 7) is 0. The second-order valence-electron chi connectivity index (χ2n) is 2.68. The van der Waals surface area contributed by atoms with Crippen LogP contribution in [0.1, 0.15) is 11.7 Å². The van der Waals surface area contributed by atoms with Gasteiger partial charge < -0.3 is 0 Å². The van der Waals surface area contributed by atoms with E-state index in [1.165, 1.54) is 5.06 Å². The molecule has 0 N–H and O–H groups in total. The Morgan fingerprint density at radius 3 is 2.91 bits per heavy atom. The Kier molecular flexibility index (Phi) is 0.704. The van der Waals surface area contributed by atoms with E-state index in [9.17, 15) is 4.79 Å². The Bertz CT molecular complexity index is 317. The molecule has 4 rings (SSSR count). The zero-order valence-electron chi connectivity index (χ0n) is 5.65. The lowest BCUT2D eigenvalue weighted by molar-refractivity contribution is -0.156. The molecule has 3 heterocycles. The maximum Gasteiger partial charge on any atom is 0.287 e. The quantitative estimate of drug-likeness (QED) is 0.548. The van der Waals surface area contributed by atoms with Crippen molar-refractivity contribution in [2.24, 2.45) is 0 Å². The van der Waals surface area contributed by atoms with Crippen LogP contribution in [0.15, 0.2) is 24.3 Å². The Hall–Kier alpha value is -1.35. The maximum atomic E-state index is 11.1. The summed E-state index contributed by atoms with van der Waals surface area (Å²) in [7, 11) is 0. The van der Waals surface area contributed by atoms with Crippen LogP contribution in [0, 0.1) is 0 Å². The van der Waals surface area contributed by atoms with Crippen molar-refractivity contribution in [3.63, 3.8) is 0 Å². The summed E-state index contributed by atoms with van der Waals surface area (Å²) in [5.74, 6) is 0.0613. The molecular formula is C8H5NO2. The summed E-state index contributed by atoms with van der Waals surface area (Å²) >= 11 is 0. The lowest BCUT2D eigenvalue weighted by Crippen LogP contribution is -2.41. The Morgan fingerprint density at radius 2 is 2.18 bits per heavy atom. The topological polar surface area (TPSA) is 29.5 Å². The summed E-state index contributed by atoms with van der Waals surface area (Å²) in [6, 6.07) is 7.62. The van der Waals surface area contributed by atoms with Gasteiger partial charge in [0.05, 0.1) is 5.69 Å². The minimum atomic E-state index is -0.300. The molecule has 54 valence electrons. The van der Waals surface area contributed by atoms with Crippen LogP contribution in [-0.4, -0.2) is 5.91 Å². The molecule has 0 aliphatic carbocycles. The molecule has 1 atom stereocenters. The van der Waals surface area contributed by atoms with Crippen molar-refractivity contribution in [1.82, 2.24) is 0 Å². The van der Waals surface area contributed by atoms with E-state index in [1.807, 2.05) is 24.3 Å². The molecule has 2 bridgehead atoms. The van der Waals surface area contributed by atoms with E-state index in [1.54, 1.807) is 0 Å². The molecule has 1 aromatic carbocycles. The first-order chi connectivity index (χ1) is 5.38. The Labute approximate surface area is 63.1 Å². The minimum absolute atomic E-state index is 0.0613. The van der Waals surface area contributed by atoms with Gasteiger partial charge in [-0.3, -0.25) is 4.79 Å². The van der Waals surface area contributed by atoms with Gasteiger partial charge in [0, 0.05) is 5.56 Å². The highest BCUT2D eigenvalue weighted by Crippen LogP contribution is 2.47. The van der Waals surface area contributed by atoms with Gasteiger partial charge in [-0.15, -0.1) is 0 Å². The largest absolute Gasteiger partial charge is 0.287 e. The number of carbonyl (C=O) groups excluding carboxylic acids is 1. The lowest BCUT2D eigenvalue weighted by atomic mass is 10.1. The van der Waals surface area contributed by atoms with Gasteiger partial charge in [-0.2, -0.15) is 5.06 Å². The van der Waals surface area contributed by atoms with Crippen LogP contribution >= 0.6 is 0 Å². The van der Waals surface area contributed by atoms with Crippen molar-refractivity contribution >= 4 is 11.6 Å². The molecule has 3 aliphatic rings. The van der Waals surface area contributed by atoms with Crippen LogP contribution in [0.5, 0.6) is 0 Å². The van der Waals surface area contributed by atoms with Crippen molar-refractivity contribution < 1.29 is 9.63 Å². The molecule has 1 fully saturated rings. The van der Waals surface area contributed by atoms with Crippen molar-refractivity contribution in [2.75, 3.05) is 5.06 Å². The molecule has 3 heteroatoms. The van der Waals surface area contributed by atoms with Gasteiger partial charge in [-0.1, -0.05) is 18.2 Å². The van der Waals surface area contributed by atoms with E-state index in [-0.39, 0.29) is 12.0 Å². The monoisotopic (exact) mass is 147 g/mol. The number of hydrogen-bond acceptors (Lipinski definition) is 2. The van der Waals surface area contributed by atoms with Gasteiger partial charge in [0.1, 0.15) is 0 Å². The van der Waals surface area contributed by atoms with Crippen LogP contribution in [0.3, 0.4) is 0 Å². The van der Waals surface area contributed by atoms with Crippen molar-refractivity contribution in [3.8, 4) is 0 Å². The minimum Gasteiger partial charge on any atom is -0.269 e. The van der Waals surface area contributed by atoms with Gasteiger partial charge in [0.25, 0.3) is 5.91 Å². The fraction of sp³-hybridized carbons (Fsp3) is 0.125. The predicted molar refractivity (Wildman–Crippen MR) is 37.8 cm³/mol. The summed E-state index contributed by atoms with van der Waals surface area (Å²) in [6.07, 6.45) is -0.300. The SMILES string of the molecule is O=C1C2ON1c1ccccc12. The van der Waals surface area contributed by atoms with Gasteiger partial charge in [0.2, 0.25) is 0 Å². The van der Waals surface area contributed by atoms with E-state index in [0.29, 0.717) is 0 Å². The molecule has 1 aromatic rings. The summed E-state index contributed by atoms with van der Waals surface area (Å²) in [5, 5.41) is 1.35. The number of nitrogens with zero attached hydrogens (tertiary/aromatic N) is 1. The fourth-order valence-corrected chi connectivity index (χ4v) is 1.52.